The predicted molar refractivity (Wildman–Crippen MR) is 166 cm³/mol. The second-order valence-corrected chi connectivity index (χ2v) is 12.9. The first-order valence-electron chi connectivity index (χ1n) is 14.6. The number of nitrogens with one attached hydrogen (secondary N) is 1. The molecule has 2 fully saturated rings. The lowest BCUT2D eigenvalue weighted by molar-refractivity contribution is -0.138. The molecule has 2 aliphatic heterocycles. The van der Waals surface area contributed by atoms with E-state index in [9.17, 15) is 32.0 Å². The molecule has 0 radical (unpaired) electrons. The fourth-order valence-electron chi connectivity index (χ4n) is 6.01. The van der Waals surface area contributed by atoms with E-state index >= 15 is 0 Å². The third-order valence-electron chi connectivity index (χ3n) is 8.29. The Morgan fingerprint density at radius 3 is 2.24 bits per heavy atom. The van der Waals surface area contributed by atoms with Gasteiger partial charge < -0.3 is 10.2 Å². The quantitative estimate of drug-likeness (QED) is 0.313. The predicted octanol–water partition coefficient (Wildman–Crippen LogP) is 3.25. The number of amides is 2. The summed E-state index contributed by atoms with van der Waals surface area (Å²) >= 11 is 0. The van der Waals surface area contributed by atoms with Gasteiger partial charge in [0.2, 0.25) is 5.91 Å². The van der Waals surface area contributed by atoms with Crippen LogP contribution in [0, 0.1) is 5.82 Å². The summed E-state index contributed by atoms with van der Waals surface area (Å²) in [4.78, 5) is 58.7. The van der Waals surface area contributed by atoms with Crippen molar-refractivity contribution in [1.29, 1.82) is 0 Å². The molecule has 3 atom stereocenters. The Kier molecular flexibility index (Phi) is 8.57. The van der Waals surface area contributed by atoms with E-state index in [1.54, 1.807) is 30.3 Å². The van der Waals surface area contributed by atoms with Gasteiger partial charge in [0.25, 0.3) is 15.9 Å². The molecule has 0 aliphatic carbocycles. The van der Waals surface area contributed by atoms with E-state index < -0.39 is 63.2 Å². The fraction of sp³-hybridized carbons (Fsp3) is 0.206. The van der Waals surface area contributed by atoms with E-state index in [2.05, 4.69) is 10.3 Å². The number of pyridine rings is 1. The molecule has 4 aromatic rings. The molecule has 12 heteroatoms. The van der Waals surface area contributed by atoms with E-state index in [0.29, 0.717) is 11.1 Å². The number of hydrogen-bond donors (Lipinski definition) is 1. The van der Waals surface area contributed by atoms with Crippen molar-refractivity contribution in [2.45, 2.75) is 31.0 Å². The molecule has 0 spiro atoms. The number of fused-ring (bicyclic) bond motifs is 1. The lowest BCUT2D eigenvalue weighted by atomic mass is 10.0. The van der Waals surface area contributed by atoms with E-state index in [1.165, 1.54) is 47.5 Å². The van der Waals surface area contributed by atoms with Crippen LogP contribution in [0.2, 0.25) is 0 Å². The molecule has 2 amide bonds. The summed E-state index contributed by atoms with van der Waals surface area (Å²) in [7, 11) is -4.61. The monoisotopic (exact) mass is 640 g/mol. The first-order chi connectivity index (χ1) is 22.1. The summed E-state index contributed by atoms with van der Waals surface area (Å²) in [6, 6.07) is 23.1. The molecule has 3 aromatic carbocycles. The van der Waals surface area contributed by atoms with Crippen molar-refractivity contribution < 1.29 is 32.0 Å². The van der Waals surface area contributed by atoms with Gasteiger partial charge in [-0.1, -0.05) is 60.7 Å². The topological polar surface area (TPSA) is 134 Å². The highest BCUT2D eigenvalue weighted by Crippen LogP contribution is 2.33. The summed E-state index contributed by atoms with van der Waals surface area (Å²) < 4.78 is 41.1. The standard InChI is InChI=1S/C34H29FN4O6S/c35-26-15-9-22(10-16-26)20-28(37-32(41)25-13-11-24(12-14-25)23-6-2-1-3-7-23)33(42)38-19-17-29-31(38)30(40)21-39(29)46(44,45)34(43)27-8-4-5-18-36-27/h1-16,18,28-29,31H,17,19-21H2,(H,37,41). The number of halogens is 1. The molecule has 1 N–H and O–H groups in total. The van der Waals surface area contributed by atoms with E-state index in [4.69, 9.17) is 0 Å². The van der Waals surface area contributed by atoms with Crippen molar-refractivity contribution in [1.82, 2.24) is 19.5 Å². The molecule has 3 heterocycles. The summed E-state index contributed by atoms with van der Waals surface area (Å²) in [5, 5.41) is 1.55. The van der Waals surface area contributed by atoms with Gasteiger partial charge >= 0.3 is 5.12 Å². The minimum Gasteiger partial charge on any atom is -0.340 e. The number of hydrogen-bond acceptors (Lipinski definition) is 7. The van der Waals surface area contributed by atoms with Crippen molar-refractivity contribution in [3.05, 3.63) is 126 Å². The maximum atomic E-state index is 14.1. The lowest BCUT2D eigenvalue weighted by Crippen LogP contribution is -2.53. The molecule has 1 aromatic heterocycles. The Morgan fingerprint density at radius 2 is 1.57 bits per heavy atom. The number of carbonyl (C=O) groups is 4. The van der Waals surface area contributed by atoms with Crippen molar-refractivity contribution >= 4 is 32.7 Å². The molecule has 6 rings (SSSR count). The summed E-state index contributed by atoms with van der Waals surface area (Å²) in [5.41, 5.74) is 2.47. The van der Waals surface area contributed by atoms with Gasteiger partial charge in [-0.2, -0.15) is 4.31 Å². The van der Waals surface area contributed by atoms with Crippen molar-refractivity contribution in [3.8, 4) is 11.1 Å². The minimum absolute atomic E-state index is 0.00476. The lowest BCUT2D eigenvalue weighted by Gasteiger charge is -2.28. The van der Waals surface area contributed by atoms with E-state index in [0.717, 1.165) is 15.4 Å². The van der Waals surface area contributed by atoms with Crippen LogP contribution in [-0.4, -0.2) is 76.5 Å². The summed E-state index contributed by atoms with van der Waals surface area (Å²) in [6.45, 7) is -0.534. The Balaban J connectivity index is 1.23. The SMILES string of the molecule is O=C(NC(Cc1ccc(F)cc1)C(=O)N1CCC2C1C(=O)CN2S(=O)(=O)C(=O)c1ccccn1)c1ccc(-c2ccccc2)cc1. The number of nitrogens with zero attached hydrogens (tertiary/aromatic N) is 3. The van der Waals surface area contributed by atoms with Crippen molar-refractivity contribution in [3.63, 3.8) is 0 Å². The molecule has 46 heavy (non-hydrogen) atoms. The average molecular weight is 641 g/mol. The van der Waals surface area contributed by atoms with Gasteiger partial charge in [0.15, 0.2) is 5.78 Å². The van der Waals surface area contributed by atoms with E-state index in [-0.39, 0.29) is 25.1 Å². The van der Waals surface area contributed by atoms with Crippen LogP contribution in [0.4, 0.5) is 4.39 Å². The Morgan fingerprint density at radius 1 is 0.891 bits per heavy atom. The largest absolute Gasteiger partial charge is 0.340 e. The van der Waals surface area contributed by atoms with Crippen LogP contribution >= 0.6 is 0 Å². The second kappa shape index (κ2) is 12.7. The van der Waals surface area contributed by atoms with Gasteiger partial charge in [-0.15, -0.1) is 0 Å². The van der Waals surface area contributed by atoms with Gasteiger partial charge in [-0.05, 0) is 59.5 Å². The molecule has 2 saturated heterocycles. The highest BCUT2D eigenvalue weighted by atomic mass is 32.2. The van der Waals surface area contributed by atoms with Crippen LogP contribution in [0.15, 0.2) is 103 Å². The minimum atomic E-state index is -4.61. The van der Waals surface area contributed by atoms with Crippen molar-refractivity contribution in [2.75, 3.05) is 13.1 Å². The van der Waals surface area contributed by atoms with Gasteiger partial charge in [0.1, 0.15) is 23.6 Å². The fourth-order valence-corrected chi connectivity index (χ4v) is 7.48. The molecular formula is C34H29FN4O6S. The second-order valence-electron chi connectivity index (χ2n) is 11.2. The zero-order valence-corrected chi connectivity index (χ0v) is 25.3. The molecule has 2 aliphatic rings. The number of benzene rings is 3. The van der Waals surface area contributed by atoms with Crippen LogP contribution in [0.1, 0.15) is 32.8 Å². The van der Waals surface area contributed by atoms with Gasteiger partial charge in [0, 0.05) is 24.7 Å². The highest BCUT2D eigenvalue weighted by Gasteiger charge is 2.55. The van der Waals surface area contributed by atoms with Gasteiger partial charge in [-0.3, -0.25) is 24.2 Å². The number of sulfonamides is 1. The van der Waals surface area contributed by atoms with Gasteiger partial charge in [0.05, 0.1) is 12.6 Å². The normalized spacial score (nSPS) is 18.6. The smallest absolute Gasteiger partial charge is 0.310 e. The molecule has 0 saturated carbocycles. The number of carbonyl (C=O) groups excluding carboxylic acids is 4. The van der Waals surface area contributed by atoms with Crippen LogP contribution in [0.5, 0.6) is 0 Å². The van der Waals surface area contributed by atoms with E-state index in [1.807, 2.05) is 30.3 Å². The van der Waals surface area contributed by atoms with Gasteiger partial charge in [-0.25, -0.2) is 12.8 Å². The van der Waals surface area contributed by atoms with Crippen molar-refractivity contribution in [2.24, 2.45) is 0 Å². The average Bonchev–Trinajstić information content (AvgIpc) is 3.67. The summed E-state index contributed by atoms with van der Waals surface area (Å²) in [6.07, 6.45) is 1.41. The molecule has 0 bridgehead atoms. The van der Waals surface area contributed by atoms with Crippen LogP contribution in [0.25, 0.3) is 11.1 Å². The van der Waals surface area contributed by atoms with Crippen LogP contribution < -0.4 is 5.32 Å². The zero-order chi connectivity index (χ0) is 32.4. The number of likely N-dealkylation sites (tertiary alicyclic amines) is 1. The number of ketones is 1. The Labute approximate surface area is 264 Å². The van der Waals surface area contributed by atoms with Crippen LogP contribution in [-0.2, 0) is 26.0 Å². The Bertz CT molecular complexity index is 1890. The Hall–Kier alpha value is -5.07. The molecular weight excluding hydrogens is 611 g/mol. The zero-order valence-electron chi connectivity index (χ0n) is 24.5. The first kappa shape index (κ1) is 30.9. The first-order valence-corrected chi connectivity index (χ1v) is 16.1. The number of Topliss-reactive ketones (excluding diaryl/α,β-unsaturated/α-hetero) is 1. The molecule has 10 nitrogen and oxygen atoms in total. The maximum Gasteiger partial charge on any atom is 0.310 e. The third kappa shape index (κ3) is 6.09. The highest BCUT2D eigenvalue weighted by molar-refractivity contribution is 8.04. The molecule has 3 unspecified atom stereocenters. The maximum absolute atomic E-state index is 14.1. The number of aromatic nitrogens is 1. The number of rotatable bonds is 8. The molecule has 234 valence electrons. The summed E-state index contributed by atoms with van der Waals surface area (Å²) in [5.74, 6) is -2.11. The third-order valence-corrected chi connectivity index (χ3v) is 9.98. The van der Waals surface area contributed by atoms with Crippen LogP contribution in [0.3, 0.4) is 0 Å².